The van der Waals surface area contributed by atoms with Crippen LogP contribution < -0.4 is 15.4 Å². The van der Waals surface area contributed by atoms with Crippen LogP contribution in [-0.4, -0.2) is 44.3 Å². The summed E-state index contributed by atoms with van der Waals surface area (Å²) in [5.41, 5.74) is 0.353. The Morgan fingerprint density at radius 1 is 1.27 bits per heavy atom. The molecule has 0 fully saturated rings. The number of alkyl halides is 3. The summed E-state index contributed by atoms with van der Waals surface area (Å²) in [5, 5.41) is 14.8. The third-order valence-corrected chi connectivity index (χ3v) is 2.55. The number of methoxy groups -OCH3 is 1. The number of hydrogen-bond acceptors (Lipinski definition) is 4. The van der Waals surface area contributed by atoms with Crippen LogP contribution in [0.2, 0.25) is 0 Å². The number of hydrogen-bond donors (Lipinski definition) is 3. The summed E-state index contributed by atoms with van der Waals surface area (Å²) in [6.45, 7) is 0.594. The normalized spacial score (nSPS) is 12.6. The van der Waals surface area contributed by atoms with Crippen LogP contribution in [0.5, 0.6) is 5.75 Å². The minimum absolute atomic E-state index is 0.0850. The lowest BCUT2D eigenvalue weighted by atomic mass is 10.1. The topological polar surface area (TPSA) is 79.8 Å². The Balaban J connectivity index is 2.42. The predicted octanol–water partition coefficient (Wildman–Crippen LogP) is 1.56. The molecule has 0 aliphatic heterocycles. The molecule has 1 atom stereocenters. The van der Waals surface area contributed by atoms with Crippen molar-refractivity contribution in [2.45, 2.75) is 12.5 Å². The molecule has 0 saturated heterocycles. The summed E-state index contributed by atoms with van der Waals surface area (Å²) in [7, 11) is 1.50. The average Bonchev–Trinajstić information content (AvgIpc) is 2.44. The van der Waals surface area contributed by atoms with Crippen molar-refractivity contribution in [1.82, 2.24) is 10.6 Å². The fourth-order valence-corrected chi connectivity index (χ4v) is 1.53. The summed E-state index contributed by atoms with van der Waals surface area (Å²) >= 11 is 0. The molecule has 0 heterocycles. The minimum atomic E-state index is -4.76. The lowest BCUT2D eigenvalue weighted by molar-refractivity contribution is -0.274. The van der Waals surface area contributed by atoms with Gasteiger partial charge < -0.3 is 25.2 Å². The second-order valence-electron chi connectivity index (χ2n) is 4.26. The number of aliphatic hydroxyl groups excluding tert-OH is 1. The summed E-state index contributed by atoms with van der Waals surface area (Å²) in [4.78, 5) is 11.3. The summed E-state index contributed by atoms with van der Waals surface area (Å²) < 4.78 is 44.5. The van der Waals surface area contributed by atoms with Crippen molar-refractivity contribution >= 4 is 6.03 Å². The van der Waals surface area contributed by atoms with Gasteiger partial charge in [-0.2, -0.15) is 0 Å². The molecule has 124 valence electrons. The summed E-state index contributed by atoms with van der Waals surface area (Å²) in [6.07, 6.45) is -5.81. The molecule has 1 aromatic rings. The second-order valence-corrected chi connectivity index (χ2v) is 4.26. The highest BCUT2D eigenvalue weighted by Gasteiger charge is 2.31. The molecule has 3 N–H and O–H groups in total. The summed E-state index contributed by atoms with van der Waals surface area (Å²) in [6, 6.07) is 4.27. The number of benzene rings is 1. The molecular weight excluding hydrogens is 305 g/mol. The van der Waals surface area contributed by atoms with Crippen LogP contribution >= 0.6 is 0 Å². The van der Waals surface area contributed by atoms with Gasteiger partial charge >= 0.3 is 12.4 Å². The molecule has 22 heavy (non-hydrogen) atoms. The Bertz CT molecular complexity index is 465. The lowest BCUT2D eigenvalue weighted by Crippen LogP contribution is -2.39. The molecule has 0 spiro atoms. The molecule has 0 aromatic heterocycles. The van der Waals surface area contributed by atoms with Crippen LogP contribution in [0.4, 0.5) is 18.0 Å². The lowest BCUT2D eigenvalue weighted by Gasteiger charge is -2.14. The number of urea groups is 1. The molecule has 1 rings (SSSR count). The van der Waals surface area contributed by atoms with Gasteiger partial charge in [0.2, 0.25) is 0 Å². The van der Waals surface area contributed by atoms with Gasteiger partial charge in [-0.3, -0.25) is 0 Å². The van der Waals surface area contributed by atoms with Gasteiger partial charge in [-0.25, -0.2) is 4.79 Å². The van der Waals surface area contributed by atoms with Crippen molar-refractivity contribution in [2.75, 3.05) is 26.8 Å². The number of aliphatic hydroxyl groups is 1. The SMILES string of the molecule is COCCNC(=O)NCC(O)c1ccc(OC(F)(F)F)cc1. The molecule has 0 aliphatic carbocycles. The summed E-state index contributed by atoms with van der Waals surface area (Å²) in [5.74, 6) is -0.381. The molecule has 6 nitrogen and oxygen atoms in total. The highest BCUT2D eigenvalue weighted by Crippen LogP contribution is 2.24. The number of nitrogens with one attached hydrogen (secondary N) is 2. The molecule has 1 unspecified atom stereocenters. The monoisotopic (exact) mass is 322 g/mol. The van der Waals surface area contributed by atoms with Crippen molar-refractivity contribution < 1.29 is 32.5 Å². The van der Waals surface area contributed by atoms with E-state index < -0.39 is 18.5 Å². The second kappa shape index (κ2) is 8.44. The minimum Gasteiger partial charge on any atom is -0.406 e. The van der Waals surface area contributed by atoms with Crippen LogP contribution in [0.1, 0.15) is 11.7 Å². The standard InChI is InChI=1S/C13H17F3N2O4/c1-21-7-6-17-12(20)18-8-11(19)9-2-4-10(5-3-9)22-13(14,15)16/h2-5,11,19H,6-8H2,1H3,(H2,17,18,20). The van der Waals surface area contributed by atoms with E-state index in [1.165, 1.54) is 19.2 Å². The average molecular weight is 322 g/mol. The van der Waals surface area contributed by atoms with Gasteiger partial charge in [-0.1, -0.05) is 12.1 Å². The van der Waals surface area contributed by atoms with E-state index in [-0.39, 0.29) is 12.3 Å². The number of ether oxygens (including phenoxy) is 2. The molecule has 0 aliphatic rings. The van der Waals surface area contributed by atoms with Gasteiger partial charge in [-0.15, -0.1) is 13.2 Å². The van der Waals surface area contributed by atoms with E-state index in [2.05, 4.69) is 15.4 Å². The van der Waals surface area contributed by atoms with Crippen molar-refractivity contribution in [1.29, 1.82) is 0 Å². The Labute approximate surface area is 125 Å². The largest absolute Gasteiger partial charge is 0.573 e. The van der Waals surface area contributed by atoms with Gasteiger partial charge in [-0.05, 0) is 17.7 Å². The van der Waals surface area contributed by atoms with Crippen molar-refractivity contribution in [3.05, 3.63) is 29.8 Å². The molecule has 2 amide bonds. The van der Waals surface area contributed by atoms with Crippen LogP contribution in [0.25, 0.3) is 0 Å². The number of rotatable bonds is 7. The zero-order valence-electron chi connectivity index (χ0n) is 11.8. The van der Waals surface area contributed by atoms with Crippen LogP contribution in [0.3, 0.4) is 0 Å². The third-order valence-electron chi connectivity index (χ3n) is 2.55. The van der Waals surface area contributed by atoms with E-state index in [1.807, 2.05) is 0 Å². The Morgan fingerprint density at radius 3 is 2.45 bits per heavy atom. The first kappa shape index (κ1) is 18.1. The maximum absolute atomic E-state index is 12.0. The first-order valence-corrected chi connectivity index (χ1v) is 6.36. The highest BCUT2D eigenvalue weighted by atomic mass is 19.4. The van der Waals surface area contributed by atoms with E-state index in [4.69, 9.17) is 4.74 Å². The van der Waals surface area contributed by atoms with E-state index in [0.717, 1.165) is 12.1 Å². The van der Waals surface area contributed by atoms with E-state index in [0.29, 0.717) is 18.7 Å². The van der Waals surface area contributed by atoms with Crippen molar-refractivity contribution in [2.24, 2.45) is 0 Å². The van der Waals surface area contributed by atoms with Crippen molar-refractivity contribution in [3.63, 3.8) is 0 Å². The first-order valence-electron chi connectivity index (χ1n) is 6.36. The smallest absolute Gasteiger partial charge is 0.406 e. The van der Waals surface area contributed by atoms with Crippen LogP contribution in [0.15, 0.2) is 24.3 Å². The molecule has 0 saturated carbocycles. The molecule has 0 radical (unpaired) electrons. The highest BCUT2D eigenvalue weighted by molar-refractivity contribution is 5.73. The maximum atomic E-state index is 12.0. The quantitative estimate of drug-likeness (QED) is 0.666. The third kappa shape index (κ3) is 7.14. The number of carbonyl (C=O) groups is 1. The molecule has 1 aromatic carbocycles. The van der Waals surface area contributed by atoms with Crippen LogP contribution in [0, 0.1) is 0 Å². The zero-order chi connectivity index (χ0) is 16.6. The fraction of sp³-hybridized carbons (Fsp3) is 0.462. The maximum Gasteiger partial charge on any atom is 0.573 e. The molecule has 9 heteroatoms. The van der Waals surface area contributed by atoms with E-state index in [9.17, 15) is 23.1 Å². The van der Waals surface area contributed by atoms with Gasteiger partial charge in [0.25, 0.3) is 0 Å². The fourth-order valence-electron chi connectivity index (χ4n) is 1.53. The van der Waals surface area contributed by atoms with Gasteiger partial charge in [0.1, 0.15) is 5.75 Å². The number of halogens is 3. The Hall–Kier alpha value is -2.00. The molecular formula is C13H17F3N2O4. The Kier molecular flexibility index (Phi) is 6.93. The van der Waals surface area contributed by atoms with Gasteiger partial charge in [0.05, 0.1) is 12.7 Å². The molecule has 0 bridgehead atoms. The number of carbonyl (C=O) groups excluding carboxylic acids is 1. The van der Waals surface area contributed by atoms with Crippen LogP contribution in [-0.2, 0) is 4.74 Å². The zero-order valence-corrected chi connectivity index (χ0v) is 11.8. The number of amides is 2. The Morgan fingerprint density at radius 2 is 1.91 bits per heavy atom. The van der Waals surface area contributed by atoms with Crippen molar-refractivity contribution in [3.8, 4) is 5.75 Å². The van der Waals surface area contributed by atoms with Gasteiger partial charge in [0, 0.05) is 20.2 Å². The van der Waals surface area contributed by atoms with E-state index >= 15 is 0 Å². The van der Waals surface area contributed by atoms with Gasteiger partial charge in [0.15, 0.2) is 0 Å². The first-order chi connectivity index (χ1) is 10.3. The van der Waals surface area contributed by atoms with E-state index in [1.54, 1.807) is 0 Å². The predicted molar refractivity (Wildman–Crippen MR) is 71.4 cm³/mol.